The van der Waals surface area contributed by atoms with Gasteiger partial charge in [0.2, 0.25) is 5.91 Å². The number of amides is 1. The molecule has 6 heteroatoms. The van der Waals surface area contributed by atoms with Crippen LogP contribution < -0.4 is 10.1 Å². The Bertz CT molecular complexity index is 538. The molecule has 1 atom stereocenters. The summed E-state index contributed by atoms with van der Waals surface area (Å²) in [6.45, 7) is 6.98. The fourth-order valence-electron chi connectivity index (χ4n) is 3.52. The number of nitrogens with zero attached hydrogens (tertiary/aromatic N) is 2. The number of carbonyl (C=O) groups is 1. The molecule has 2 aliphatic rings. The molecule has 0 aliphatic carbocycles. The lowest BCUT2D eigenvalue weighted by Crippen LogP contribution is -2.52. The summed E-state index contributed by atoms with van der Waals surface area (Å²) in [5.74, 6) is 0.956. The third-order valence-electron chi connectivity index (χ3n) is 5.03. The third-order valence-corrected chi connectivity index (χ3v) is 5.03. The van der Waals surface area contributed by atoms with Crippen LogP contribution >= 0.6 is 0 Å². The highest BCUT2D eigenvalue weighted by molar-refractivity contribution is 5.79. The average Bonchev–Trinajstić information content (AvgIpc) is 2.67. The predicted octanol–water partition coefficient (Wildman–Crippen LogP) is 1.74. The van der Waals surface area contributed by atoms with Gasteiger partial charge in [-0.1, -0.05) is 0 Å². The van der Waals surface area contributed by atoms with Crippen LogP contribution in [0.3, 0.4) is 0 Å². The zero-order valence-electron chi connectivity index (χ0n) is 14.8. The smallest absolute Gasteiger partial charge is 0.227 e. The van der Waals surface area contributed by atoms with Crippen molar-refractivity contribution in [2.75, 3.05) is 52.4 Å². The Hall–Kier alpha value is -1.66. The number of hydrogen-bond acceptors (Lipinski definition) is 4. The van der Waals surface area contributed by atoms with Gasteiger partial charge in [0.25, 0.3) is 0 Å². The summed E-state index contributed by atoms with van der Waals surface area (Å²) in [6, 6.07) is 6.13. The van der Waals surface area contributed by atoms with Crippen molar-refractivity contribution in [2.24, 2.45) is 5.92 Å². The molecule has 2 heterocycles. The minimum Gasteiger partial charge on any atom is -0.494 e. The largest absolute Gasteiger partial charge is 0.494 e. The zero-order chi connectivity index (χ0) is 17.5. The maximum Gasteiger partial charge on any atom is 0.227 e. The van der Waals surface area contributed by atoms with Gasteiger partial charge in [0.1, 0.15) is 11.6 Å². The van der Waals surface area contributed by atoms with E-state index in [1.807, 2.05) is 4.90 Å². The van der Waals surface area contributed by atoms with E-state index in [2.05, 4.69) is 10.2 Å². The Morgan fingerprint density at radius 2 is 1.96 bits per heavy atom. The monoisotopic (exact) mass is 349 g/mol. The second-order valence-corrected chi connectivity index (χ2v) is 6.87. The molecule has 0 radical (unpaired) electrons. The van der Waals surface area contributed by atoms with E-state index in [9.17, 15) is 9.18 Å². The van der Waals surface area contributed by atoms with Gasteiger partial charge in [-0.3, -0.25) is 9.69 Å². The Balaban J connectivity index is 1.31. The summed E-state index contributed by atoms with van der Waals surface area (Å²) in [5, 5.41) is 3.32. The van der Waals surface area contributed by atoms with Crippen LogP contribution in [-0.2, 0) is 4.79 Å². The molecule has 2 saturated heterocycles. The van der Waals surface area contributed by atoms with Gasteiger partial charge in [0.15, 0.2) is 0 Å². The van der Waals surface area contributed by atoms with E-state index >= 15 is 0 Å². The molecule has 138 valence electrons. The lowest BCUT2D eigenvalue weighted by Gasteiger charge is -2.37. The number of halogens is 1. The summed E-state index contributed by atoms with van der Waals surface area (Å²) < 4.78 is 18.5. The molecule has 3 rings (SSSR count). The number of hydrogen-bond donors (Lipinski definition) is 1. The molecule has 25 heavy (non-hydrogen) atoms. The highest BCUT2D eigenvalue weighted by Gasteiger charge is 2.28. The lowest BCUT2D eigenvalue weighted by molar-refractivity contribution is -0.137. The number of benzene rings is 1. The molecule has 0 saturated carbocycles. The van der Waals surface area contributed by atoms with Crippen molar-refractivity contribution in [3.05, 3.63) is 30.1 Å². The molecule has 1 N–H and O–H groups in total. The molecule has 0 spiro atoms. The van der Waals surface area contributed by atoms with Crippen molar-refractivity contribution in [2.45, 2.75) is 19.3 Å². The van der Waals surface area contributed by atoms with E-state index in [0.717, 1.165) is 65.1 Å². The molecule has 1 aromatic rings. The summed E-state index contributed by atoms with van der Waals surface area (Å²) in [4.78, 5) is 16.9. The Morgan fingerprint density at radius 1 is 1.20 bits per heavy atom. The van der Waals surface area contributed by atoms with E-state index in [4.69, 9.17) is 4.74 Å². The predicted molar refractivity (Wildman–Crippen MR) is 95.1 cm³/mol. The molecule has 0 bridgehead atoms. The van der Waals surface area contributed by atoms with Crippen molar-refractivity contribution < 1.29 is 13.9 Å². The number of rotatable bonds is 6. The van der Waals surface area contributed by atoms with E-state index in [1.165, 1.54) is 12.1 Å². The number of ether oxygens (including phenoxy) is 1. The van der Waals surface area contributed by atoms with E-state index in [0.29, 0.717) is 18.3 Å². The van der Waals surface area contributed by atoms with E-state index in [1.54, 1.807) is 12.1 Å². The quantitative estimate of drug-likeness (QED) is 0.795. The molecule has 5 nitrogen and oxygen atoms in total. The molecule has 1 aromatic carbocycles. The fraction of sp³-hybridized carbons (Fsp3) is 0.632. The van der Waals surface area contributed by atoms with Crippen molar-refractivity contribution in [1.29, 1.82) is 0 Å². The summed E-state index contributed by atoms with van der Waals surface area (Å²) in [7, 11) is 0. The Kier molecular flexibility index (Phi) is 6.64. The van der Waals surface area contributed by atoms with Gasteiger partial charge in [0.05, 0.1) is 12.5 Å². The minimum atomic E-state index is -0.247. The lowest BCUT2D eigenvalue weighted by atomic mass is 9.98. The average molecular weight is 349 g/mol. The van der Waals surface area contributed by atoms with Crippen molar-refractivity contribution in [3.8, 4) is 5.75 Å². The summed E-state index contributed by atoms with van der Waals surface area (Å²) in [5.41, 5.74) is 0. The molecule has 0 aromatic heterocycles. The van der Waals surface area contributed by atoms with E-state index in [-0.39, 0.29) is 11.7 Å². The highest BCUT2D eigenvalue weighted by Crippen LogP contribution is 2.15. The van der Waals surface area contributed by atoms with Crippen molar-refractivity contribution in [3.63, 3.8) is 0 Å². The molecule has 2 fully saturated rings. The maximum absolute atomic E-state index is 12.8. The van der Waals surface area contributed by atoms with Gasteiger partial charge in [-0.25, -0.2) is 4.39 Å². The minimum absolute atomic E-state index is 0.171. The van der Waals surface area contributed by atoms with Crippen LogP contribution in [0.2, 0.25) is 0 Å². The van der Waals surface area contributed by atoms with Crippen LogP contribution in [0.1, 0.15) is 19.3 Å². The normalized spacial score (nSPS) is 22.0. The van der Waals surface area contributed by atoms with Gasteiger partial charge in [-0.15, -0.1) is 0 Å². The Labute approximate surface area is 149 Å². The standard InChI is InChI=1S/C19H28FN3O2/c20-17-4-6-18(7-5-17)25-14-2-9-22-10-12-23(13-11-22)19(24)16-3-1-8-21-15-16/h4-7,16,21H,1-3,8-15H2. The molecule has 1 amide bonds. The van der Waals surface area contributed by atoms with Gasteiger partial charge in [0, 0.05) is 39.3 Å². The fourth-order valence-corrected chi connectivity index (χ4v) is 3.52. The van der Waals surface area contributed by atoms with E-state index < -0.39 is 0 Å². The first kappa shape index (κ1) is 18.1. The molecular formula is C19H28FN3O2. The third kappa shape index (κ3) is 5.41. The summed E-state index contributed by atoms with van der Waals surface area (Å²) >= 11 is 0. The van der Waals surface area contributed by atoms with Crippen molar-refractivity contribution >= 4 is 5.91 Å². The maximum atomic E-state index is 12.8. The van der Waals surface area contributed by atoms with Gasteiger partial charge >= 0.3 is 0 Å². The van der Waals surface area contributed by atoms with Crippen LogP contribution in [-0.4, -0.2) is 68.1 Å². The molecular weight excluding hydrogens is 321 g/mol. The van der Waals surface area contributed by atoms with Gasteiger partial charge in [-0.2, -0.15) is 0 Å². The van der Waals surface area contributed by atoms with Gasteiger partial charge in [-0.05, 0) is 50.1 Å². The van der Waals surface area contributed by atoms with Crippen LogP contribution in [0.25, 0.3) is 0 Å². The highest BCUT2D eigenvalue weighted by atomic mass is 19.1. The number of piperazine rings is 1. The second kappa shape index (κ2) is 9.15. The molecule has 1 unspecified atom stereocenters. The summed E-state index contributed by atoms with van der Waals surface area (Å²) in [6.07, 6.45) is 3.05. The van der Waals surface area contributed by atoms with Crippen LogP contribution in [0.5, 0.6) is 5.75 Å². The first-order valence-corrected chi connectivity index (χ1v) is 9.32. The topological polar surface area (TPSA) is 44.8 Å². The SMILES string of the molecule is O=C(C1CCCNC1)N1CCN(CCCOc2ccc(F)cc2)CC1. The number of nitrogens with one attached hydrogen (secondary N) is 1. The van der Waals surface area contributed by atoms with Crippen molar-refractivity contribution in [1.82, 2.24) is 15.1 Å². The number of piperidine rings is 1. The Morgan fingerprint density at radius 3 is 2.64 bits per heavy atom. The zero-order valence-corrected chi connectivity index (χ0v) is 14.8. The van der Waals surface area contributed by atoms with Crippen LogP contribution in [0, 0.1) is 11.7 Å². The van der Waals surface area contributed by atoms with Gasteiger partial charge < -0.3 is 15.0 Å². The molecule has 2 aliphatic heterocycles. The first-order chi connectivity index (χ1) is 12.2. The van der Waals surface area contributed by atoms with Crippen LogP contribution in [0.15, 0.2) is 24.3 Å². The first-order valence-electron chi connectivity index (χ1n) is 9.32. The number of carbonyl (C=O) groups excluding carboxylic acids is 1. The van der Waals surface area contributed by atoms with Crippen LogP contribution in [0.4, 0.5) is 4.39 Å². The second-order valence-electron chi connectivity index (χ2n) is 6.87.